The van der Waals surface area contributed by atoms with Gasteiger partial charge in [-0.15, -0.1) is 0 Å². The maximum atomic E-state index is 13.4. The zero-order chi connectivity index (χ0) is 19.2. The highest BCUT2D eigenvalue weighted by Gasteiger charge is 2.26. The molecule has 0 spiro atoms. The SMILES string of the molecule is O=C(C1CCCCCC1)N(Cc1ccc2c(c1)OCCO2)Cc1ccccn1. The van der Waals surface area contributed by atoms with E-state index in [1.807, 2.05) is 41.3 Å². The molecule has 28 heavy (non-hydrogen) atoms. The fourth-order valence-corrected chi connectivity index (χ4v) is 4.09. The van der Waals surface area contributed by atoms with Gasteiger partial charge >= 0.3 is 0 Å². The summed E-state index contributed by atoms with van der Waals surface area (Å²) >= 11 is 0. The summed E-state index contributed by atoms with van der Waals surface area (Å²) in [5, 5.41) is 0. The number of pyridine rings is 1. The number of hydrogen-bond donors (Lipinski definition) is 0. The highest BCUT2D eigenvalue weighted by Crippen LogP contribution is 2.32. The third kappa shape index (κ3) is 4.64. The number of benzene rings is 1. The van der Waals surface area contributed by atoms with Gasteiger partial charge in [0, 0.05) is 18.7 Å². The average Bonchev–Trinajstić information content (AvgIpc) is 3.03. The summed E-state index contributed by atoms with van der Waals surface area (Å²) in [6.07, 6.45) is 8.57. The van der Waals surface area contributed by atoms with E-state index in [-0.39, 0.29) is 11.8 Å². The van der Waals surface area contributed by atoms with Crippen LogP contribution < -0.4 is 9.47 Å². The minimum Gasteiger partial charge on any atom is -0.486 e. The molecular formula is C23H28N2O3. The minimum atomic E-state index is 0.128. The van der Waals surface area contributed by atoms with Crippen LogP contribution in [0.3, 0.4) is 0 Å². The molecule has 1 amide bonds. The fourth-order valence-electron chi connectivity index (χ4n) is 4.09. The van der Waals surface area contributed by atoms with E-state index in [1.54, 1.807) is 6.20 Å². The second-order valence-electron chi connectivity index (χ2n) is 7.68. The molecule has 1 aromatic carbocycles. The molecule has 2 aliphatic rings. The monoisotopic (exact) mass is 380 g/mol. The zero-order valence-corrected chi connectivity index (χ0v) is 16.3. The molecule has 1 aliphatic heterocycles. The Kier molecular flexibility index (Phi) is 6.10. The van der Waals surface area contributed by atoms with Crippen molar-refractivity contribution in [3.05, 3.63) is 53.9 Å². The normalized spacial score (nSPS) is 17.0. The van der Waals surface area contributed by atoms with E-state index in [4.69, 9.17) is 9.47 Å². The molecule has 1 aliphatic carbocycles. The molecule has 0 saturated heterocycles. The van der Waals surface area contributed by atoms with Crippen molar-refractivity contribution in [3.63, 3.8) is 0 Å². The third-order valence-electron chi connectivity index (χ3n) is 5.58. The van der Waals surface area contributed by atoms with E-state index in [0.717, 1.165) is 48.4 Å². The first-order valence-corrected chi connectivity index (χ1v) is 10.4. The van der Waals surface area contributed by atoms with E-state index >= 15 is 0 Å². The van der Waals surface area contributed by atoms with E-state index in [1.165, 1.54) is 12.8 Å². The van der Waals surface area contributed by atoms with Crippen molar-refractivity contribution in [1.29, 1.82) is 0 Å². The van der Waals surface area contributed by atoms with Gasteiger partial charge in [-0.25, -0.2) is 0 Å². The lowest BCUT2D eigenvalue weighted by Crippen LogP contribution is -2.35. The van der Waals surface area contributed by atoms with Gasteiger partial charge in [-0.2, -0.15) is 0 Å². The van der Waals surface area contributed by atoms with Gasteiger partial charge < -0.3 is 14.4 Å². The van der Waals surface area contributed by atoms with Gasteiger partial charge in [0.2, 0.25) is 5.91 Å². The molecule has 0 radical (unpaired) electrons. The Balaban J connectivity index is 1.54. The average molecular weight is 380 g/mol. The molecule has 5 nitrogen and oxygen atoms in total. The van der Waals surface area contributed by atoms with Crippen molar-refractivity contribution in [2.75, 3.05) is 13.2 Å². The first-order chi connectivity index (χ1) is 13.8. The van der Waals surface area contributed by atoms with E-state index in [0.29, 0.717) is 26.3 Å². The Morgan fingerprint density at radius 1 is 0.964 bits per heavy atom. The molecule has 1 fully saturated rings. The summed E-state index contributed by atoms with van der Waals surface area (Å²) in [5.74, 6) is 1.93. The number of carbonyl (C=O) groups is 1. The van der Waals surface area contributed by atoms with Crippen molar-refractivity contribution in [3.8, 4) is 11.5 Å². The first kappa shape index (κ1) is 18.8. The second-order valence-corrected chi connectivity index (χ2v) is 7.68. The summed E-state index contributed by atoms with van der Waals surface area (Å²) in [6.45, 7) is 2.24. The van der Waals surface area contributed by atoms with Gasteiger partial charge in [-0.05, 0) is 42.7 Å². The van der Waals surface area contributed by atoms with Gasteiger partial charge in [-0.1, -0.05) is 37.8 Å². The van der Waals surface area contributed by atoms with Crippen LogP contribution in [0.15, 0.2) is 42.6 Å². The minimum absolute atomic E-state index is 0.128. The Hall–Kier alpha value is -2.56. The molecule has 5 heteroatoms. The van der Waals surface area contributed by atoms with Crippen LogP contribution in [0, 0.1) is 5.92 Å². The summed E-state index contributed by atoms with van der Waals surface area (Å²) in [5.41, 5.74) is 1.98. The highest BCUT2D eigenvalue weighted by molar-refractivity contribution is 5.78. The van der Waals surface area contributed by atoms with Crippen LogP contribution in [0.2, 0.25) is 0 Å². The smallest absolute Gasteiger partial charge is 0.226 e. The predicted octanol–water partition coefficient (Wildman–Crippen LogP) is 4.35. The van der Waals surface area contributed by atoms with Crippen molar-refractivity contribution in [2.45, 2.75) is 51.6 Å². The predicted molar refractivity (Wildman–Crippen MR) is 107 cm³/mol. The lowest BCUT2D eigenvalue weighted by atomic mass is 9.98. The Morgan fingerprint density at radius 3 is 2.50 bits per heavy atom. The molecule has 0 unspecified atom stereocenters. The van der Waals surface area contributed by atoms with Crippen LogP contribution in [0.5, 0.6) is 11.5 Å². The van der Waals surface area contributed by atoms with Crippen LogP contribution in [-0.4, -0.2) is 29.0 Å². The number of fused-ring (bicyclic) bond motifs is 1. The Labute approximate surface area is 166 Å². The highest BCUT2D eigenvalue weighted by atomic mass is 16.6. The van der Waals surface area contributed by atoms with Crippen LogP contribution in [0.4, 0.5) is 0 Å². The molecular weight excluding hydrogens is 352 g/mol. The standard InChI is InChI=1S/C23H28N2O3/c26-23(19-7-3-1-2-4-8-19)25(17-20-9-5-6-12-24-20)16-18-10-11-21-22(15-18)28-14-13-27-21/h5-6,9-12,15,19H,1-4,7-8,13-14,16-17H2. The Morgan fingerprint density at radius 2 is 1.75 bits per heavy atom. The summed E-state index contributed by atoms with van der Waals surface area (Å²) in [6, 6.07) is 11.8. The molecule has 2 heterocycles. The molecule has 1 aromatic heterocycles. The van der Waals surface area contributed by atoms with Crippen LogP contribution in [-0.2, 0) is 17.9 Å². The quantitative estimate of drug-likeness (QED) is 0.724. The number of carbonyl (C=O) groups excluding carboxylic acids is 1. The van der Waals surface area contributed by atoms with E-state index in [2.05, 4.69) is 4.98 Å². The van der Waals surface area contributed by atoms with Crippen LogP contribution >= 0.6 is 0 Å². The van der Waals surface area contributed by atoms with Crippen molar-refractivity contribution < 1.29 is 14.3 Å². The molecule has 2 aromatic rings. The van der Waals surface area contributed by atoms with Crippen molar-refractivity contribution in [1.82, 2.24) is 9.88 Å². The van der Waals surface area contributed by atoms with Crippen LogP contribution in [0.25, 0.3) is 0 Å². The maximum absolute atomic E-state index is 13.4. The lowest BCUT2D eigenvalue weighted by molar-refractivity contribution is -0.137. The second kappa shape index (κ2) is 9.09. The number of ether oxygens (including phenoxy) is 2. The molecule has 4 rings (SSSR count). The number of hydrogen-bond acceptors (Lipinski definition) is 4. The molecule has 1 saturated carbocycles. The lowest BCUT2D eigenvalue weighted by Gasteiger charge is -2.27. The van der Waals surface area contributed by atoms with Gasteiger partial charge in [0.25, 0.3) is 0 Å². The topological polar surface area (TPSA) is 51.7 Å². The van der Waals surface area contributed by atoms with Gasteiger partial charge in [0.15, 0.2) is 11.5 Å². The summed E-state index contributed by atoms with van der Waals surface area (Å²) < 4.78 is 11.3. The number of aromatic nitrogens is 1. The third-order valence-corrected chi connectivity index (χ3v) is 5.58. The first-order valence-electron chi connectivity index (χ1n) is 10.4. The zero-order valence-electron chi connectivity index (χ0n) is 16.3. The molecule has 0 N–H and O–H groups in total. The van der Waals surface area contributed by atoms with Crippen molar-refractivity contribution >= 4 is 5.91 Å². The summed E-state index contributed by atoms with van der Waals surface area (Å²) in [7, 11) is 0. The largest absolute Gasteiger partial charge is 0.486 e. The number of amides is 1. The van der Waals surface area contributed by atoms with E-state index < -0.39 is 0 Å². The van der Waals surface area contributed by atoms with Gasteiger partial charge in [0.1, 0.15) is 13.2 Å². The van der Waals surface area contributed by atoms with Crippen molar-refractivity contribution in [2.24, 2.45) is 5.92 Å². The van der Waals surface area contributed by atoms with Gasteiger partial charge in [-0.3, -0.25) is 9.78 Å². The summed E-state index contributed by atoms with van der Waals surface area (Å²) in [4.78, 5) is 19.8. The van der Waals surface area contributed by atoms with E-state index in [9.17, 15) is 4.79 Å². The molecule has 148 valence electrons. The maximum Gasteiger partial charge on any atom is 0.226 e. The fraction of sp³-hybridized carbons (Fsp3) is 0.478. The number of rotatable bonds is 5. The molecule has 0 atom stereocenters. The van der Waals surface area contributed by atoms with Crippen LogP contribution in [0.1, 0.15) is 49.8 Å². The van der Waals surface area contributed by atoms with Gasteiger partial charge in [0.05, 0.1) is 12.2 Å². The molecule has 0 bridgehead atoms. The Bertz CT molecular complexity index is 786. The number of nitrogens with zero attached hydrogens (tertiary/aromatic N) is 2.